The molecule has 0 unspecified atom stereocenters. The van der Waals surface area contributed by atoms with Crippen molar-refractivity contribution in [2.24, 2.45) is 0 Å². The van der Waals surface area contributed by atoms with Gasteiger partial charge in [0.05, 0.1) is 7.11 Å². The van der Waals surface area contributed by atoms with Gasteiger partial charge in [0, 0.05) is 12.1 Å². The van der Waals surface area contributed by atoms with E-state index in [2.05, 4.69) is 10.6 Å². The Morgan fingerprint density at radius 1 is 1.26 bits per heavy atom. The summed E-state index contributed by atoms with van der Waals surface area (Å²) in [4.78, 5) is 11.9. The molecule has 4 nitrogen and oxygen atoms in total. The normalized spacial score (nSPS) is 10.4. The van der Waals surface area contributed by atoms with E-state index in [1.807, 2.05) is 33.9 Å². The van der Waals surface area contributed by atoms with Crippen molar-refractivity contribution in [2.75, 3.05) is 26.0 Å². The molecule has 19 heavy (non-hydrogen) atoms. The van der Waals surface area contributed by atoms with Crippen LogP contribution in [0.1, 0.15) is 29.5 Å². The predicted octanol–water partition coefficient (Wildman–Crippen LogP) is 2.56. The van der Waals surface area contributed by atoms with E-state index >= 15 is 0 Å². The molecule has 106 valence electrons. The SMILES string of the molecule is CNCCCC(=O)Nc1c(C)cc(OC)c(C)c1C. The molecule has 2 N–H and O–H groups in total. The highest BCUT2D eigenvalue weighted by atomic mass is 16.5. The molecule has 1 rings (SSSR count). The topological polar surface area (TPSA) is 50.4 Å². The number of methoxy groups -OCH3 is 1. The van der Waals surface area contributed by atoms with Gasteiger partial charge in [-0.15, -0.1) is 0 Å². The van der Waals surface area contributed by atoms with Crippen molar-refractivity contribution in [3.8, 4) is 5.75 Å². The van der Waals surface area contributed by atoms with Gasteiger partial charge >= 0.3 is 0 Å². The molecule has 0 atom stereocenters. The number of carbonyl (C=O) groups is 1. The number of benzene rings is 1. The average Bonchev–Trinajstić information content (AvgIpc) is 2.39. The Morgan fingerprint density at radius 2 is 1.95 bits per heavy atom. The van der Waals surface area contributed by atoms with Gasteiger partial charge in [0.1, 0.15) is 5.75 Å². The van der Waals surface area contributed by atoms with E-state index in [0.717, 1.165) is 41.1 Å². The molecule has 0 fully saturated rings. The van der Waals surface area contributed by atoms with E-state index < -0.39 is 0 Å². The van der Waals surface area contributed by atoms with Crippen molar-refractivity contribution in [1.29, 1.82) is 0 Å². The van der Waals surface area contributed by atoms with Gasteiger partial charge in [0.2, 0.25) is 5.91 Å². The Labute approximate surface area is 115 Å². The van der Waals surface area contributed by atoms with Crippen LogP contribution in [-0.2, 0) is 4.79 Å². The minimum absolute atomic E-state index is 0.0611. The van der Waals surface area contributed by atoms with E-state index in [1.165, 1.54) is 0 Å². The summed E-state index contributed by atoms with van der Waals surface area (Å²) in [6, 6.07) is 1.96. The van der Waals surface area contributed by atoms with Gasteiger partial charge in [-0.05, 0) is 63.5 Å². The number of amides is 1. The number of carbonyl (C=O) groups excluding carboxylic acids is 1. The van der Waals surface area contributed by atoms with Crippen LogP contribution in [0, 0.1) is 20.8 Å². The van der Waals surface area contributed by atoms with Crippen molar-refractivity contribution in [3.63, 3.8) is 0 Å². The van der Waals surface area contributed by atoms with E-state index in [0.29, 0.717) is 6.42 Å². The van der Waals surface area contributed by atoms with Crippen LogP contribution in [0.4, 0.5) is 5.69 Å². The summed E-state index contributed by atoms with van der Waals surface area (Å²) in [5, 5.41) is 6.04. The molecule has 1 amide bonds. The standard InChI is InChI=1S/C15H24N2O2/c1-10-9-13(19-5)11(2)12(3)15(10)17-14(18)7-6-8-16-4/h9,16H,6-8H2,1-5H3,(H,17,18). The largest absolute Gasteiger partial charge is 0.496 e. The molecule has 0 aromatic heterocycles. The van der Waals surface area contributed by atoms with Gasteiger partial charge in [0.25, 0.3) is 0 Å². The highest BCUT2D eigenvalue weighted by Gasteiger charge is 2.12. The monoisotopic (exact) mass is 264 g/mol. The summed E-state index contributed by atoms with van der Waals surface area (Å²) in [5.74, 6) is 0.925. The van der Waals surface area contributed by atoms with Gasteiger partial charge in [-0.3, -0.25) is 4.79 Å². The fourth-order valence-corrected chi connectivity index (χ4v) is 2.08. The summed E-state index contributed by atoms with van der Waals surface area (Å²) in [7, 11) is 3.55. The summed E-state index contributed by atoms with van der Waals surface area (Å²) < 4.78 is 5.33. The molecule has 0 aliphatic rings. The quantitative estimate of drug-likeness (QED) is 0.776. The number of rotatable bonds is 6. The minimum Gasteiger partial charge on any atom is -0.496 e. The lowest BCUT2D eigenvalue weighted by Gasteiger charge is -2.16. The number of aryl methyl sites for hydroxylation is 1. The Kier molecular flexibility index (Phi) is 5.83. The molecule has 0 bridgehead atoms. The third-order valence-electron chi connectivity index (χ3n) is 3.36. The van der Waals surface area contributed by atoms with Gasteiger partial charge < -0.3 is 15.4 Å². The summed E-state index contributed by atoms with van der Waals surface area (Å²) in [6.45, 7) is 6.85. The molecule has 1 aromatic rings. The van der Waals surface area contributed by atoms with Crippen LogP contribution in [0.3, 0.4) is 0 Å². The van der Waals surface area contributed by atoms with Crippen LogP contribution in [0.2, 0.25) is 0 Å². The summed E-state index contributed by atoms with van der Waals surface area (Å²) in [6.07, 6.45) is 1.38. The number of ether oxygens (including phenoxy) is 1. The van der Waals surface area contributed by atoms with Gasteiger partial charge in [-0.1, -0.05) is 0 Å². The Balaban J connectivity index is 2.84. The third-order valence-corrected chi connectivity index (χ3v) is 3.36. The zero-order valence-electron chi connectivity index (χ0n) is 12.5. The zero-order valence-corrected chi connectivity index (χ0v) is 12.5. The van der Waals surface area contributed by atoms with Crippen molar-refractivity contribution < 1.29 is 9.53 Å². The molecule has 0 saturated carbocycles. The molecule has 4 heteroatoms. The number of anilines is 1. The molecule has 0 aliphatic heterocycles. The van der Waals surface area contributed by atoms with Crippen LogP contribution in [0.5, 0.6) is 5.75 Å². The molecular formula is C15H24N2O2. The van der Waals surface area contributed by atoms with Crippen molar-refractivity contribution in [2.45, 2.75) is 33.6 Å². The maximum Gasteiger partial charge on any atom is 0.224 e. The lowest BCUT2D eigenvalue weighted by atomic mass is 10.0. The van der Waals surface area contributed by atoms with Gasteiger partial charge in [-0.2, -0.15) is 0 Å². The summed E-state index contributed by atoms with van der Waals surface area (Å²) in [5.41, 5.74) is 4.08. The lowest BCUT2D eigenvalue weighted by Crippen LogP contribution is -2.16. The second-order valence-corrected chi connectivity index (χ2v) is 4.78. The van der Waals surface area contributed by atoms with Crippen LogP contribution < -0.4 is 15.4 Å². The van der Waals surface area contributed by atoms with E-state index in [4.69, 9.17) is 4.74 Å². The molecule has 1 aromatic carbocycles. The molecular weight excluding hydrogens is 240 g/mol. The Morgan fingerprint density at radius 3 is 2.53 bits per heavy atom. The van der Waals surface area contributed by atoms with Gasteiger partial charge in [-0.25, -0.2) is 0 Å². The number of nitrogens with one attached hydrogen (secondary N) is 2. The first-order valence-electron chi connectivity index (χ1n) is 6.60. The van der Waals surface area contributed by atoms with E-state index in [9.17, 15) is 4.79 Å². The Hall–Kier alpha value is -1.55. The highest BCUT2D eigenvalue weighted by Crippen LogP contribution is 2.31. The molecule has 0 saturated heterocycles. The van der Waals surface area contributed by atoms with Gasteiger partial charge in [0.15, 0.2) is 0 Å². The minimum atomic E-state index is 0.0611. The predicted molar refractivity (Wildman–Crippen MR) is 79.0 cm³/mol. The van der Waals surface area contributed by atoms with Crippen molar-refractivity contribution in [1.82, 2.24) is 5.32 Å². The van der Waals surface area contributed by atoms with E-state index in [-0.39, 0.29) is 5.91 Å². The fraction of sp³-hybridized carbons (Fsp3) is 0.533. The third kappa shape index (κ3) is 3.96. The van der Waals surface area contributed by atoms with Crippen molar-refractivity contribution >= 4 is 11.6 Å². The second-order valence-electron chi connectivity index (χ2n) is 4.78. The highest BCUT2D eigenvalue weighted by molar-refractivity contribution is 5.92. The second kappa shape index (κ2) is 7.14. The van der Waals surface area contributed by atoms with Crippen LogP contribution in [0.15, 0.2) is 6.07 Å². The molecule has 0 heterocycles. The molecule has 0 radical (unpaired) electrons. The lowest BCUT2D eigenvalue weighted by molar-refractivity contribution is -0.116. The number of hydrogen-bond donors (Lipinski definition) is 2. The number of hydrogen-bond acceptors (Lipinski definition) is 3. The molecule has 0 spiro atoms. The van der Waals surface area contributed by atoms with Crippen LogP contribution in [-0.4, -0.2) is 26.6 Å². The van der Waals surface area contributed by atoms with Crippen molar-refractivity contribution in [3.05, 3.63) is 22.8 Å². The fourth-order valence-electron chi connectivity index (χ4n) is 2.08. The maximum atomic E-state index is 11.9. The molecule has 0 aliphatic carbocycles. The first-order chi connectivity index (χ1) is 9.01. The van der Waals surface area contributed by atoms with E-state index in [1.54, 1.807) is 7.11 Å². The first kappa shape index (κ1) is 15.5. The maximum absolute atomic E-state index is 11.9. The smallest absolute Gasteiger partial charge is 0.224 e. The van der Waals surface area contributed by atoms with Crippen LogP contribution in [0.25, 0.3) is 0 Å². The average molecular weight is 264 g/mol. The Bertz CT molecular complexity index is 456. The first-order valence-corrected chi connectivity index (χ1v) is 6.60. The summed E-state index contributed by atoms with van der Waals surface area (Å²) >= 11 is 0. The zero-order chi connectivity index (χ0) is 14.4. The van der Waals surface area contributed by atoms with Crippen LogP contribution >= 0.6 is 0 Å².